The summed E-state index contributed by atoms with van der Waals surface area (Å²) in [5, 5.41) is 22.1. The molecular formula is C18H21ClN2O3. The number of rotatable bonds is 4. The number of nitrogens with one attached hydrogen (secondary N) is 1. The van der Waals surface area contributed by atoms with Gasteiger partial charge in [-0.25, -0.2) is 0 Å². The SMILES string of the molecule is COc1cc(/C=C(\C#N)C(=O)N[C@H]2CCCC[C@@H]2C)cc(Cl)c1O. The maximum atomic E-state index is 12.4. The summed E-state index contributed by atoms with van der Waals surface area (Å²) in [6, 6.07) is 5.03. The number of ether oxygens (including phenoxy) is 1. The lowest BCUT2D eigenvalue weighted by molar-refractivity contribution is -0.118. The molecule has 0 aliphatic heterocycles. The predicted molar refractivity (Wildman–Crippen MR) is 92.8 cm³/mol. The third kappa shape index (κ3) is 4.21. The van der Waals surface area contributed by atoms with Crippen LogP contribution in [0.1, 0.15) is 38.2 Å². The van der Waals surface area contributed by atoms with Gasteiger partial charge in [-0.3, -0.25) is 4.79 Å². The van der Waals surface area contributed by atoms with E-state index < -0.39 is 0 Å². The van der Waals surface area contributed by atoms with Crippen molar-refractivity contribution in [2.45, 2.75) is 38.6 Å². The molecule has 128 valence electrons. The molecule has 0 spiro atoms. The van der Waals surface area contributed by atoms with E-state index in [0.29, 0.717) is 11.5 Å². The summed E-state index contributed by atoms with van der Waals surface area (Å²) >= 11 is 5.94. The minimum Gasteiger partial charge on any atom is -0.503 e. The fraction of sp³-hybridized carbons (Fsp3) is 0.444. The van der Waals surface area contributed by atoms with Crippen LogP contribution in [0.5, 0.6) is 11.5 Å². The highest BCUT2D eigenvalue weighted by Crippen LogP contribution is 2.35. The summed E-state index contributed by atoms with van der Waals surface area (Å²) in [7, 11) is 1.40. The van der Waals surface area contributed by atoms with Crippen LogP contribution in [0, 0.1) is 17.2 Å². The minimum absolute atomic E-state index is 0.00316. The Kier molecular flexibility index (Phi) is 6.10. The van der Waals surface area contributed by atoms with Gasteiger partial charge in [0, 0.05) is 6.04 Å². The molecule has 6 heteroatoms. The molecule has 0 radical (unpaired) electrons. The molecule has 1 aromatic rings. The monoisotopic (exact) mass is 348 g/mol. The van der Waals surface area contributed by atoms with Gasteiger partial charge in [0.05, 0.1) is 12.1 Å². The second-order valence-electron chi connectivity index (χ2n) is 6.07. The van der Waals surface area contributed by atoms with Crippen LogP contribution in [0.2, 0.25) is 5.02 Å². The maximum absolute atomic E-state index is 12.4. The molecule has 0 aromatic heterocycles. The Labute approximate surface area is 146 Å². The Morgan fingerprint density at radius 1 is 1.46 bits per heavy atom. The predicted octanol–water partition coefficient (Wildman–Crippen LogP) is 3.66. The van der Waals surface area contributed by atoms with Crippen molar-refractivity contribution in [2.24, 2.45) is 5.92 Å². The van der Waals surface area contributed by atoms with Crippen LogP contribution in [0.15, 0.2) is 17.7 Å². The van der Waals surface area contributed by atoms with Crippen LogP contribution >= 0.6 is 11.6 Å². The number of halogens is 1. The van der Waals surface area contributed by atoms with Crippen LogP contribution in [0.4, 0.5) is 0 Å². The van der Waals surface area contributed by atoms with E-state index in [4.69, 9.17) is 16.3 Å². The number of benzene rings is 1. The van der Waals surface area contributed by atoms with Crippen molar-refractivity contribution >= 4 is 23.6 Å². The van der Waals surface area contributed by atoms with Gasteiger partial charge in [-0.15, -0.1) is 0 Å². The van der Waals surface area contributed by atoms with Crippen molar-refractivity contribution in [3.8, 4) is 17.6 Å². The standard InChI is InChI=1S/C18H21ClN2O3/c1-11-5-3-4-6-15(11)21-18(23)13(10-20)7-12-8-14(19)17(22)16(9-12)24-2/h7-9,11,15,22H,3-6H2,1-2H3,(H,21,23)/b13-7+/t11-,15-/m0/s1. The quantitative estimate of drug-likeness (QED) is 0.642. The van der Waals surface area contributed by atoms with Gasteiger partial charge in [-0.1, -0.05) is 31.4 Å². The van der Waals surface area contributed by atoms with Crippen molar-refractivity contribution in [1.29, 1.82) is 5.26 Å². The van der Waals surface area contributed by atoms with Crippen molar-refractivity contribution in [2.75, 3.05) is 7.11 Å². The molecule has 2 N–H and O–H groups in total. The zero-order chi connectivity index (χ0) is 17.7. The summed E-state index contributed by atoms with van der Waals surface area (Å²) in [5.41, 5.74) is 0.509. The van der Waals surface area contributed by atoms with Gasteiger partial charge in [0.25, 0.3) is 5.91 Å². The Bertz CT molecular complexity index is 694. The molecule has 2 rings (SSSR count). The number of amides is 1. The largest absolute Gasteiger partial charge is 0.503 e. The molecule has 0 saturated heterocycles. The molecule has 1 saturated carbocycles. The van der Waals surface area contributed by atoms with Crippen molar-refractivity contribution in [3.05, 3.63) is 28.3 Å². The maximum Gasteiger partial charge on any atom is 0.262 e. The summed E-state index contributed by atoms with van der Waals surface area (Å²) in [6.07, 6.45) is 5.73. The average Bonchev–Trinajstić information content (AvgIpc) is 2.57. The average molecular weight is 349 g/mol. The Morgan fingerprint density at radius 2 is 2.17 bits per heavy atom. The molecule has 0 bridgehead atoms. The molecule has 1 aliphatic rings. The summed E-state index contributed by atoms with van der Waals surface area (Å²) in [4.78, 5) is 12.4. The molecular weight excluding hydrogens is 328 g/mol. The number of nitriles is 1. The highest BCUT2D eigenvalue weighted by molar-refractivity contribution is 6.32. The molecule has 24 heavy (non-hydrogen) atoms. The second-order valence-corrected chi connectivity index (χ2v) is 6.47. The molecule has 1 aliphatic carbocycles. The Morgan fingerprint density at radius 3 is 2.79 bits per heavy atom. The van der Waals surface area contributed by atoms with Crippen molar-refractivity contribution in [1.82, 2.24) is 5.32 Å². The van der Waals surface area contributed by atoms with Crippen LogP contribution in [-0.4, -0.2) is 24.2 Å². The summed E-state index contributed by atoms with van der Waals surface area (Å²) in [6.45, 7) is 2.12. The number of carbonyl (C=O) groups excluding carboxylic acids is 1. The molecule has 0 heterocycles. The molecule has 1 aromatic carbocycles. The van der Waals surface area contributed by atoms with Gasteiger partial charge in [0.2, 0.25) is 0 Å². The number of carbonyl (C=O) groups is 1. The number of nitrogens with zero attached hydrogens (tertiary/aromatic N) is 1. The molecule has 5 nitrogen and oxygen atoms in total. The first-order chi connectivity index (χ1) is 11.5. The minimum atomic E-state index is -0.389. The topological polar surface area (TPSA) is 82.3 Å². The second kappa shape index (κ2) is 8.07. The molecule has 1 fully saturated rings. The number of methoxy groups -OCH3 is 1. The van der Waals surface area contributed by atoms with Gasteiger partial charge in [0.1, 0.15) is 11.6 Å². The van der Waals surface area contributed by atoms with Crippen molar-refractivity contribution < 1.29 is 14.6 Å². The number of hydrogen-bond acceptors (Lipinski definition) is 4. The van der Waals surface area contributed by atoms with Gasteiger partial charge in [-0.05, 0) is 42.5 Å². The zero-order valence-corrected chi connectivity index (χ0v) is 14.6. The van der Waals surface area contributed by atoms with Gasteiger partial charge < -0.3 is 15.2 Å². The van der Waals surface area contributed by atoms with Gasteiger partial charge >= 0.3 is 0 Å². The molecule has 0 unspecified atom stereocenters. The van der Waals surface area contributed by atoms with Crippen molar-refractivity contribution in [3.63, 3.8) is 0 Å². The lowest BCUT2D eigenvalue weighted by atomic mass is 9.86. The van der Waals surface area contributed by atoms with E-state index in [9.17, 15) is 15.2 Å². The van der Waals surface area contributed by atoms with E-state index in [-0.39, 0.29) is 34.0 Å². The van der Waals surface area contributed by atoms with Crippen LogP contribution < -0.4 is 10.1 Å². The van der Waals surface area contributed by atoms with Crippen LogP contribution in [0.3, 0.4) is 0 Å². The summed E-state index contributed by atoms with van der Waals surface area (Å²) < 4.78 is 5.03. The van der Waals surface area contributed by atoms with E-state index in [2.05, 4.69) is 12.2 Å². The first kappa shape index (κ1) is 18.2. The number of aromatic hydroxyl groups is 1. The first-order valence-corrected chi connectivity index (χ1v) is 8.33. The number of hydrogen-bond donors (Lipinski definition) is 2. The zero-order valence-electron chi connectivity index (χ0n) is 13.8. The number of phenolic OH excluding ortho intramolecular Hbond substituents is 1. The van der Waals surface area contributed by atoms with E-state index in [1.54, 1.807) is 0 Å². The van der Waals surface area contributed by atoms with E-state index >= 15 is 0 Å². The fourth-order valence-electron chi connectivity index (χ4n) is 2.92. The van der Waals surface area contributed by atoms with E-state index in [1.807, 2.05) is 6.07 Å². The highest BCUT2D eigenvalue weighted by Gasteiger charge is 2.24. The summed E-state index contributed by atoms with van der Waals surface area (Å²) in [5.74, 6) is 0.0351. The third-order valence-corrected chi connectivity index (χ3v) is 4.66. The van der Waals surface area contributed by atoms with Gasteiger partial charge in [0.15, 0.2) is 11.5 Å². The van der Waals surface area contributed by atoms with Crippen LogP contribution in [0.25, 0.3) is 6.08 Å². The normalized spacial score (nSPS) is 21.0. The highest BCUT2D eigenvalue weighted by atomic mass is 35.5. The van der Waals surface area contributed by atoms with E-state index in [0.717, 1.165) is 19.3 Å². The first-order valence-electron chi connectivity index (χ1n) is 7.95. The lowest BCUT2D eigenvalue weighted by Crippen LogP contribution is -2.41. The van der Waals surface area contributed by atoms with E-state index in [1.165, 1.54) is 31.7 Å². The molecule has 2 atom stereocenters. The molecule has 1 amide bonds. The van der Waals surface area contributed by atoms with Gasteiger partial charge in [-0.2, -0.15) is 5.26 Å². The number of phenols is 1. The van der Waals surface area contributed by atoms with Crippen LogP contribution in [-0.2, 0) is 4.79 Å². The Balaban J connectivity index is 2.21. The fourth-order valence-corrected chi connectivity index (χ4v) is 3.14. The lowest BCUT2D eigenvalue weighted by Gasteiger charge is -2.29. The Hall–Kier alpha value is -2.19. The third-order valence-electron chi connectivity index (χ3n) is 4.37. The smallest absolute Gasteiger partial charge is 0.262 e.